The van der Waals surface area contributed by atoms with Gasteiger partial charge in [-0.15, -0.1) is 0 Å². The van der Waals surface area contributed by atoms with Gasteiger partial charge in [0.1, 0.15) is 17.3 Å². The Labute approximate surface area is 188 Å². The predicted octanol–water partition coefficient (Wildman–Crippen LogP) is 2.68. The molecule has 1 aromatic heterocycles. The third-order valence-electron chi connectivity index (χ3n) is 5.28. The van der Waals surface area contributed by atoms with Crippen molar-refractivity contribution in [2.24, 2.45) is 4.99 Å². The molecule has 32 heavy (non-hydrogen) atoms. The molecule has 4 rings (SSSR count). The van der Waals surface area contributed by atoms with E-state index in [1.54, 1.807) is 22.8 Å². The molecule has 2 amide bonds. The first-order valence-electron chi connectivity index (χ1n) is 10.2. The lowest BCUT2D eigenvalue weighted by Gasteiger charge is -2.29. The van der Waals surface area contributed by atoms with E-state index in [0.717, 1.165) is 35.4 Å². The van der Waals surface area contributed by atoms with Gasteiger partial charge in [-0.05, 0) is 49.6 Å². The van der Waals surface area contributed by atoms with Crippen LogP contribution in [0, 0.1) is 5.82 Å². The molecular weight excluding hydrogens is 453 g/mol. The number of aryl methyl sites for hydroxylation is 2. The molecule has 0 saturated carbocycles. The average molecular weight is 476 g/mol. The molecule has 0 N–H and O–H groups in total. The Hall–Kier alpha value is -2.85. The molecule has 0 spiro atoms. The molecular formula is C22H22FN3O4S2. The van der Waals surface area contributed by atoms with Crippen LogP contribution in [0.5, 0.6) is 0 Å². The lowest BCUT2D eigenvalue weighted by atomic mass is 10.0. The summed E-state index contributed by atoms with van der Waals surface area (Å²) < 4.78 is 41.0. The number of rotatable bonds is 5. The lowest BCUT2D eigenvalue weighted by molar-refractivity contribution is -0.116. The summed E-state index contributed by atoms with van der Waals surface area (Å²) in [5.74, 6) is -3.42. The number of fused-ring (bicyclic) bond motifs is 2. The highest BCUT2D eigenvalue weighted by Gasteiger charge is 2.28. The molecule has 1 aliphatic heterocycles. The summed E-state index contributed by atoms with van der Waals surface area (Å²) >= 11 is 1.11. The molecule has 168 valence electrons. The predicted molar refractivity (Wildman–Crippen MR) is 122 cm³/mol. The smallest absolute Gasteiger partial charge is 0.263 e. The Morgan fingerprint density at radius 3 is 2.72 bits per heavy atom. The zero-order valence-corrected chi connectivity index (χ0v) is 19.1. The second kappa shape index (κ2) is 8.95. The maximum Gasteiger partial charge on any atom is 0.263 e. The normalized spacial score (nSPS) is 14.6. The van der Waals surface area contributed by atoms with Crippen LogP contribution in [0.25, 0.3) is 10.2 Å². The molecule has 0 radical (unpaired) electrons. The van der Waals surface area contributed by atoms with E-state index in [1.165, 1.54) is 17.0 Å². The third-order valence-corrected chi connectivity index (χ3v) is 7.69. The Balaban J connectivity index is 1.52. The SMILES string of the molecule is CCn1c(=NC(=O)CS(=O)(=O)CC(=O)N2CCCc3ccccc32)sc2cc(F)ccc21. The van der Waals surface area contributed by atoms with Crippen molar-refractivity contribution >= 4 is 48.9 Å². The van der Waals surface area contributed by atoms with Crippen LogP contribution in [0.3, 0.4) is 0 Å². The van der Waals surface area contributed by atoms with Crippen LogP contribution in [0.4, 0.5) is 10.1 Å². The molecule has 0 atom stereocenters. The number of hydrogen-bond acceptors (Lipinski definition) is 5. The zero-order valence-electron chi connectivity index (χ0n) is 17.5. The first-order valence-corrected chi connectivity index (χ1v) is 12.9. The Morgan fingerprint density at radius 2 is 1.94 bits per heavy atom. The summed E-state index contributed by atoms with van der Waals surface area (Å²) in [5, 5.41) is 0. The topological polar surface area (TPSA) is 88.8 Å². The molecule has 1 aliphatic rings. The van der Waals surface area contributed by atoms with Crippen molar-refractivity contribution in [3.63, 3.8) is 0 Å². The van der Waals surface area contributed by atoms with Crippen molar-refractivity contribution in [1.29, 1.82) is 0 Å². The summed E-state index contributed by atoms with van der Waals surface area (Å²) in [6.45, 7) is 2.78. The molecule has 0 bridgehead atoms. The number of nitrogens with zero attached hydrogens (tertiary/aromatic N) is 3. The second-order valence-electron chi connectivity index (χ2n) is 7.56. The number of hydrogen-bond donors (Lipinski definition) is 0. The quantitative estimate of drug-likeness (QED) is 0.568. The fourth-order valence-corrected chi connectivity index (χ4v) is 6.09. The van der Waals surface area contributed by atoms with Gasteiger partial charge in [0.05, 0.1) is 10.2 Å². The highest BCUT2D eigenvalue weighted by Crippen LogP contribution is 2.27. The van der Waals surface area contributed by atoms with Crippen LogP contribution >= 0.6 is 11.3 Å². The van der Waals surface area contributed by atoms with Crippen molar-refractivity contribution in [3.05, 3.63) is 58.6 Å². The van der Waals surface area contributed by atoms with Crippen molar-refractivity contribution in [2.45, 2.75) is 26.3 Å². The number of aromatic nitrogens is 1. The molecule has 2 aromatic carbocycles. The summed E-state index contributed by atoms with van der Waals surface area (Å²) in [4.78, 5) is 30.9. The van der Waals surface area contributed by atoms with Gasteiger partial charge in [-0.1, -0.05) is 29.5 Å². The third kappa shape index (κ3) is 4.66. The van der Waals surface area contributed by atoms with Crippen molar-refractivity contribution in [1.82, 2.24) is 4.57 Å². The molecule has 2 heterocycles. The Kier molecular flexibility index (Phi) is 6.25. The van der Waals surface area contributed by atoms with Crippen LogP contribution in [0.15, 0.2) is 47.5 Å². The molecule has 0 unspecified atom stereocenters. The van der Waals surface area contributed by atoms with Crippen LogP contribution < -0.4 is 9.70 Å². The molecule has 0 aliphatic carbocycles. The largest absolute Gasteiger partial charge is 0.317 e. The van der Waals surface area contributed by atoms with Crippen LogP contribution in [-0.2, 0) is 32.4 Å². The summed E-state index contributed by atoms with van der Waals surface area (Å²) in [5.41, 5.74) is 2.43. The van der Waals surface area contributed by atoms with Crippen molar-refractivity contribution < 1.29 is 22.4 Å². The van der Waals surface area contributed by atoms with Gasteiger partial charge in [-0.2, -0.15) is 4.99 Å². The lowest BCUT2D eigenvalue weighted by Crippen LogP contribution is -2.40. The van der Waals surface area contributed by atoms with Gasteiger partial charge < -0.3 is 9.47 Å². The maximum absolute atomic E-state index is 13.5. The van der Waals surface area contributed by atoms with E-state index in [4.69, 9.17) is 0 Å². The van der Waals surface area contributed by atoms with E-state index in [1.807, 2.05) is 19.1 Å². The van der Waals surface area contributed by atoms with Gasteiger partial charge in [0, 0.05) is 18.8 Å². The van der Waals surface area contributed by atoms with Crippen molar-refractivity contribution in [2.75, 3.05) is 23.0 Å². The number of benzene rings is 2. The standard InChI is InChI=1S/C22H22FN3O4S2/c1-2-25-18-10-9-16(23)12-19(18)31-22(25)24-20(27)13-32(29,30)14-21(28)26-11-5-7-15-6-3-4-8-17(15)26/h3-4,6,8-10,12H,2,5,7,11,13-14H2,1H3. The fraction of sp³-hybridized carbons (Fsp3) is 0.318. The summed E-state index contributed by atoms with van der Waals surface area (Å²) in [6, 6.07) is 11.7. The second-order valence-corrected chi connectivity index (χ2v) is 10.6. The summed E-state index contributed by atoms with van der Waals surface area (Å²) in [7, 11) is -4.01. The highest BCUT2D eigenvalue weighted by molar-refractivity contribution is 7.92. The van der Waals surface area contributed by atoms with Crippen LogP contribution in [-0.4, -0.2) is 42.8 Å². The van der Waals surface area contributed by atoms with Gasteiger partial charge >= 0.3 is 0 Å². The number of anilines is 1. The van der Waals surface area contributed by atoms with E-state index in [2.05, 4.69) is 4.99 Å². The van der Waals surface area contributed by atoms with Gasteiger partial charge in [0.15, 0.2) is 14.6 Å². The zero-order chi connectivity index (χ0) is 22.9. The first-order chi connectivity index (χ1) is 15.3. The minimum atomic E-state index is -4.01. The monoisotopic (exact) mass is 475 g/mol. The van der Waals surface area contributed by atoms with E-state index >= 15 is 0 Å². The fourth-order valence-electron chi connectivity index (χ4n) is 3.87. The number of thiazole rings is 1. The van der Waals surface area contributed by atoms with E-state index < -0.39 is 39.0 Å². The van der Waals surface area contributed by atoms with Crippen LogP contribution in [0.1, 0.15) is 18.9 Å². The van der Waals surface area contributed by atoms with Crippen molar-refractivity contribution in [3.8, 4) is 0 Å². The molecule has 0 fully saturated rings. The van der Waals surface area contributed by atoms with E-state index in [-0.39, 0.29) is 0 Å². The van der Waals surface area contributed by atoms with Gasteiger partial charge in [0.2, 0.25) is 5.91 Å². The number of carbonyl (C=O) groups is 2. The molecule has 3 aromatic rings. The molecule has 7 nitrogen and oxygen atoms in total. The Morgan fingerprint density at radius 1 is 1.16 bits per heavy atom. The molecule has 0 saturated heterocycles. The van der Waals surface area contributed by atoms with Gasteiger partial charge in [-0.25, -0.2) is 12.8 Å². The van der Waals surface area contributed by atoms with Crippen LogP contribution in [0.2, 0.25) is 0 Å². The highest BCUT2D eigenvalue weighted by atomic mass is 32.2. The molecule has 10 heteroatoms. The van der Waals surface area contributed by atoms with E-state index in [9.17, 15) is 22.4 Å². The minimum absolute atomic E-state index is 0.296. The number of sulfone groups is 1. The number of amides is 2. The van der Waals surface area contributed by atoms with E-state index in [0.29, 0.717) is 28.1 Å². The van der Waals surface area contributed by atoms with Gasteiger partial charge in [0.25, 0.3) is 5.91 Å². The Bertz CT molecular complexity index is 1380. The maximum atomic E-state index is 13.5. The summed E-state index contributed by atoms with van der Waals surface area (Å²) in [6.07, 6.45) is 1.58. The number of carbonyl (C=O) groups excluding carboxylic acids is 2. The average Bonchev–Trinajstić information content (AvgIpc) is 3.07. The van der Waals surface area contributed by atoms with Gasteiger partial charge in [-0.3, -0.25) is 9.59 Å². The first kappa shape index (κ1) is 22.3. The number of para-hydroxylation sites is 1. The minimum Gasteiger partial charge on any atom is -0.317 e. The number of halogens is 1.